The number of anilines is 1. The van der Waals surface area contributed by atoms with Crippen LogP contribution in [0.4, 0.5) is 5.69 Å². The molecule has 22 heavy (non-hydrogen) atoms. The van der Waals surface area contributed by atoms with Gasteiger partial charge in [0.2, 0.25) is 5.91 Å². The Morgan fingerprint density at radius 1 is 1.23 bits per heavy atom. The number of aromatic nitrogens is 2. The fourth-order valence-corrected chi connectivity index (χ4v) is 3.04. The van der Waals surface area contributed by atoms with Crippen LogP contribution in [0.15, 0.2) is 29.4 Å². The van der Waals surface area contributed by atoms with E-state index in [0.717, 1.165) is 11.4 Å². The summed E-state index contributed by atoms with van der Waals surface area (Å²) >= 11 is 13.4. The van der Waals surface area contributed by atoms with E-state index in [4.69, 9.17) is 23.2 Å². The van der Waals surface area contributed by atoms with Crippen LogP contribution in [0.2, 0.25) is 10.0 Å². The molecule has 0 spiro atoms. The van der Waals surface area contributed by atoms with Crippen LogP contribution >= 0.6 is 35.0 Å². The Labute approximate surface area is 143 Å². The van der Waals surface area contributed by atoms with Crippen LogP contribution < -0.4 is 5.32 Å². The molecule has 0 unspecified atom stereocenters. The number of carbonyl (C=O) groups excluding carboxylic acids is 1. The summed E-state index contributed by atoms with van der Waals surface area (Å²) in [6.45, 7) is 3.85. The Bertz CT molecular complexity index is 674. The summed E-state index contributed by atoms with van der Waals surface area (Å²) in [7, 11) is 0. The molecule has 2 aromatic rings. The molecule has 0 bridgehead atoms. The predicted molar refractivity (Wildman–Crippen MR) is 91.9 cm³/mol. The van der Waals surface area contributed by atoms with Gasteiger partial charge in [-0.15, -0.1) is 0 Å². The van der Waals surface area contributed by atoms with E-state index in [1.165, 1.54) is 11.8 Å². The fraction of sp³-hybridized carbons (Fsp3) is 0.267. The molecule has 0 atom stereocenters. The summed E-state index contributed by atoms with van der Waals surface area (Å²) in [6, 6.07) is 7.04. The summed E-state index contributed by atoms with van der Waals surface area (Å²) in [5.74, 6) is 0.466. The number of halogens is 2. The molecule has 0 aliphatic carbocycles. The Hall–Kier alpha value is -1.30. The van der Waals surface area contributed by atoms with Crippen LogP contribution in [0.25, 0.3) is 0 Å². The lowest BCUT2D eigenvalue weighted by Crippen LogP contribution is -2.12. The Balaban J connectivity index is 1.86. The molecule has 7 heteroatoms. The van der Waals surface area contributed by atoms with Gasteiger partial charge in [0.1, 0.15) is 0 Å². The molecular formula is C15H15Cl2N3OS. The number of hydrogen-bond acceptors (Lipinski definition) is 4. The largest absolute Gasteiger partial charge is 0.325 e. The van der Waals surface area contributed by atoms with E-state index >= 15 is 0 Å². The van der Waals surface area contributed by atoms with Gasteiger partial charge in [-0.25, -0.2) is 9.97 Å². The quantitative estimate of drug-likeness (QED) is 0.632. The van der Waals surface area contributed by atoms with Crippen molar-refractivity contribution in [2.75, 3.05) is 11.1 Å². The van der Waals surface area contributed by atoms with E-state index < -0.39 is 0 Å². The van der Waals surface area contributed by atoms with Crippen LogP contribution in [0.5, 0.6) is 0 Å². The SMILES string of the molecule is Cc1cc(C)nc(SCCC(=O)Nc2cccc(Cl)c2Cl)n1. The average Bonchev–Trinajstić information content (AvgIpc) is 2.43. The van der Waals surface area contributed by atoms with Crippen molar-refractivity contribution >= 4 is 46.6 Å². The average molecular weight is 356 g/mol. The molecule has 1 aromatic heterocycles. The number of carbonyl (C=O) groups is 1. The minimum Gasteiger partial charge on any atom is -0.325 e. The lowest BCUT2D eigenvalue weighted by molar-refractivity contribution is -0.115. The molecule has 0 radical (unpaired) electrons. The molecule has 0 fully saturated rings. The van der Waals surface area contributed by atoms with E-state index in [2.05, 4.69) is 15.3 Å². The second-order valence-corrected chi connectivity index (χ2v) is 6.53. The minimum atomic E-state index is -0.124. The first-order valence-electron chi connectivity index (χ1n) is 6.64. The van der Waals surface area contributed by atoms with Gasteiger partial charge in [-0.2, -0.15) is 0 Å². The minimum absolute atomic E-state index is 0.124. The highest BCUT2D eigenvalue weighted by Crippen LogP contribution is 2.29. The normalized spacial score (nSPS) is 10.5. The second kappa shape index (κ2) is 7.81. The third-order valence-corrected chi connectivity index (χ3v) is 4.42. The number of thioether (sulfide) groups is 1. The van der Waals surface area contributed by atoms with Gasteiger partial charge in [-0.3, -0.25) is 4.79 Å². The molecular weight excluding hydrogens is 341 g/mol. The van der Waals surface area contributed by atoms with Crippen LogP contribution in [-0.2, 0) is 4.79 Å². The van der Waals surface area contributed by atoms with Crippen molar-refractivity contribution in [3.63, 3.8) is 0 Å². The first-order valence-corrected chi connectivity index (χ1v) is 8.39. The van der Waals surface area contributed by atoms with Gasteiger partial charge in [0.15, 0.2) is 5.16 Å². The van der Waals surface area contributed by atoms with Crippen LogP contribution in [0.3, 0.4) is 0 Å². The zero-order chi connectivity index (χ0) is 16.1. The maximum Gasteiger partial charge on any atom is 0.225 e. The highest BCUT2D eigenvalue weighted by Gasteiger charge is 2.09. The zero-order valence-electron chi connectivity index (χ0n) is 12.2. The standard InChI is InChI=1S/C15H15Cl2N3OS/c1-9-8-10(2)19-15(18-9)22-7-6-13(21)20-12-5-3-4-11(16)14(12)17/h3-5,8H,6-7H2,1-2H3,(H,20,21). The van der Waals surface area contributed by atoms with Crippen LogP contribution in [0, 0.1) is 13.8 Å². The second-order valence-electron chi connectivity index (χ2n) is 4.68. The molecule has 0 aliphatic rings. The molecule has 1 N–H and O–H groups in total. The Kier molecular flexibility index (Phi) is 6.06. The zero-order valence-corrected chi connectivity index (χ0v) is 14.5. The van der Waals surface area contributed by atoms with Crippen LogP contribution in [-0.4, -0.2) is 21.6 Å². The number of aryl methyl sites for hydroxylation is 2. The summed E-state index contributed by atoms with van der Waals surface area (Å²) in [4.78, 5) is 20.6. The van der Waals surface area contributed by atoms with E-state index in [1.54, 1.807) is 18.2 Å². The first kappa shape index (κ1) is 17.1. The smallest absolute Gasteiger partial charge is 0.225 e. The van der Waals surface area contributed by atoms with Gasteiger partial charge in [0, 0.05) is 23.6 Å². The number of benzene rings is 1. The van der Waals surface area contributed by atoms with E-state index in [1.807, 2.05) is 19.9 Å². The predicted octanol–water partition coefficient (Wildman–Crippen LogP) is 4.52. The topological polar surface area (TPSA) is 54.9 Å². The van der Waals surface area contributed by atoms with E-state index in [0.29, 0.717) is 33.1 Å². The van der Waals surface area contributed by atoms with E-state index in [-0.39, 0.29) is 5.91 Å². The monoisotopic (exact) mass is 355 g/mol. The van der Waals surface area contributed by atoms with Crippen molar-refractivity contribution in [2.45, 2.75) is 25.4 Å². The Morgan fingerprint density at radius 2 is 1.91 bits per heavy atom. The summed E-state index contributed by atoms with van der Waals surface area (Å²) in [5.41, 5.74) is 2.36. The molecule has 0 saturated carbocycles. The van der Waals surface area contributed by atoms with Crippen LogP contribution in [0.1, 0.15) is 17.8 Å². The number of hydrogen-bond donors (Lipinski definition) is 1. The van der Waals surface area contributed by atoms with Gasteiger partial charge >= 0.3 is 0 Å². The first-order chi connectivity index (χ1) is 10.5. The van der Waals surface area contributed by atoms with Gasteiger partial charge < -0.3 is 5.32 Å². The highest BCUT2D eigenvalue weighted by atomic mass is 35.5. The lowest BCUT2D eigenvalue weighted by Gasteiger charge is -2.08. The third-order valence-electron chi connectivity index (χ3n) is 2.75. The number of nitrogens with one attached hydrogen (secondary N) is 1. The molecule has 0 aliphatic heterocycles. The van der Waals surface area contributed by atoms with E-state index in [9.17, 15) is 4.79 Å². The lowest BCUT2D eigenvalue weighted by atomic mass is 10.3. The molecule has 0 saturated heterocycles. The maximum atomic E-state index is 11.9. The molecule has 1 aromatic carbocycles. The van der Waals surface area contributed by atoms with Crippen molar-refractivity contribution in [2.24, 2.45) is 0 Å². The van der Waals surface area contributed by atoms with Gasteiger partial charge in [0.25, 0.3) is 0 Å². The molecule has 1 heterocycles. The summed E-state index contributed by atoms with van der Waals surface area (Å²) in [5, 5.41) is 4.20. The highest BCUT2D eigenvalue weighted by molar-refractivity contribution is 7.99. The van der Waals surface area contributed by atoms with Crippen molar-refractivity contribution in [1.82, 2.24) is 9.97 Å². The molecule has 4 nitrogen and oxygen atoms in total. The third kappa shape index (κ3) is 4.87. The van der Waals surface area contributed by atoms with Gasteiger partial charge in [0.05, 0.1) is 15.7 Å². The number of rotatable bonds is 5. The van der Waals surface area contributed by atoms with Crippen molar-refractivity contribution in [3.8, 4) is 0 Å². The van der Waals surface area contributed by atoms with Crippen molar-refractivity contribution in [1.29, 1.82) is 0 Å². The fourth-order valence-electron chi connectivity index (χ4n) is 1.81. The van der Waals surface area contributed by atoms with Gasteiger partial charge in [-0.05, 0) is 32.0 Å². The summed E-state index contributed by atoms with van der Waals surface area (Å²) < 4.78 is 0. The number of nitrogens with zero attached hydrogens (tertiary/aromatic N) is 2. The molecule has 1 amide bonds. The molecule has 2 rings (SSSR count). The van der Waals surface area contributed by atoms with Crippen molar-refractivity contribution < 1.29 is 4.79 Å². The Morgan fingerprint density at radius 3 is 2.59 bits per heavy atom. The van der Waals surface area contributed by atoms with Crippen molar-refractivity contribution in [3.05, 3.63) is 45.7 Å². The molecule has 116 valence electrons. The number of amides is 1. The van der Waals surface area contributed by atoms with Gasteiger partial charge in [-0.1, -0.05) is 41.0 Å². The maximum absolute atomic E-state index is 11.9. The summed E-state index contributed by atoms with van der Waals surface area (Å²) in [6.07, 6.45) is 0.337.